The fraction of sp³-hybridized carbons (Fsp3) is 0.273. The second-order valence-electron chi connectivity index (χ2n) is 8.32. The van der Waals surface area contributed by atoms with Crippen LogP contribution in [0.25, 0.3) is 0 Å². The molecule has 176 valence electrons. The predicted molar refractivity (Wildman–Crippen MR) is 125 cm³/mol. The van der Waals surface area contributed by atoms with Crippen LogP contribution < -0.4 is 0 Å². The Kier molecular flexibility index (Phi) is 5.73. The summed E-state index contributed by atoms with van der Waals surface area (Å²) < 4.78 is 55.9. The summed E-state index contributed by atoms with van der Waals surface area (Å²) in [6.07, 6.45) is 2.17. The van der Waals surface area contributed by atoms with Crippen molar-refractivity contribution >= 4 is 43.2 Å². The molecule has 0 saturated carbocycles. The summed E-state index contributed by atoms with van der Waals surface area (Å²) in [5, 5.41) is 14.7. The summed E-state index contributed by atoms with van der Waals surface area (Å²) in [5.41, 5.74) is 1.01. The van der Waals surface area contributed by atoms with Crippen molar-refractivity contribution in [2.45, 2.75) is 41.1 Å². The Labute approximate surface area is 207 Å². The number of benzene rings is 2. The lowest BCUT2D eigenvalue weighted by Gasteiger charge is -2.45. The van der Waals surface area contributed by atoms with Crippen LogP contribution in [-0.4, -0.2) is 36.4 Å². The molecule has 34 heavy (non-hydrogen) atoms. The molecular formula is C22H18Cl2N4O4S2. The van der Waals surface area contributed by atoms with Crippen molar-refractivity contribution in [3.05, 3.63) is 76.0 Å². The number of halogens is 2. The number of sulfonamides is 1. The molecule has 2 bridgehead atoms. The zero-order chi connectivity index (χ0) is 24.3. The Bertz CT molecular complexity index is 1510. The van der Waals surface area contributed by atoms with E-state index in [1.807, 2.05) is 0 Å². The molecule has 5 rings (SSSR count). The van der Waals surface area contributed by atoms with Gasteiger partial charge in [0.1, 0.15) is 0 Å². The lowest BCUT2D eigenvalue weighted by molar-refractivity contribution is 0.138. The highest BCUT2D eigenvalue weighted by atomic mass is 35.5. The van der Waals surface area contributed by atoms with Crippen molar-refractivity contribution in [3.63, 3.8) is 0 Å². The molecule has 3 aromatic rings. The molecule has 3 unspecified atom stereocenters. The van der Waals surface area contributed by atoms with Gasteiger partial charge in [0.05, 0.1) is 27.6 Å². The molecule has 0 amide bonds. The van der Waals surface area contributed by atoms with Crippen LogP contribution in [0, 0.1) is 17.2 Å². The van der Waals surface area contributed by atoms with Crippen molar-refractivity contribution in [2.75, 3.05) is 0 Å². The molecule has 2 aliphatic rings. The predicted octanol–water partition coefficient (Wildman–Crippen LogP) is 4.02. The Hall–Kier alpha value is -2.42. The average Bonchev–Trinajstić information content (AvgIpc) is 3.24. The SMILES string of the molecule is N#CC1CC2Cc3nn(S(=O)(=O)c4ccc(Cl)cc4)cc3C(C1)N2S(=O)(=O)c1ccc(Cl)cc1. The zero-order valence-electron chi connectivity index (χ0n) is 17.5. The number of aromatic nitrogens is 2. The maximum absolute atomic E-state index is 13.6. The van der Waals surface area contributed by atoms with Crippen LogP contribution in [0.15, 0.2) is 64.5 Å². The molecule has 0 aliphatic carbocycles. The largest absolute Gasteiger partial charge is 0.282 e. The van der Waals surface area contributed by atoms with E-state index in [-0.39, 0.29) is 28.6 Å². The van der Waals surface area contributed by atoms with Gasteiger partial charge in [0.25, 0.3) is 10.0 Å². The Balaban J connectivity index is 1.60. The highest BCUT2D eigenvalue weighted by Gasteiger charge is 2.49. The molecule has 8 nitrogen and oxygen atoms in total. The van der Waals surface area contributed by atoms with E-state index in [9.17, 15) is 22.1 Å². The molecule has 3 heterocycles. The zero-order valence-corrected chi connectivity index (χ0v) is 20.7. The summed E-state index contributed by atoms with van der Waals surface area (Å²) in [5.74, 6) is -0.351. The van der Waals surface area contributed by atoms with Crippen molar-refractivity contribution < 1.29 is 16.8 Å². The van der Waals surface area contributed by atoms with E-state index in [0.29, 0.717) is 27.7 Å². The Morgan fingerprint density at radius 3 is 2.00 bits per heavy atom. The maximum atomic E-state index is 13.6. The highest BCUT2D eigenvalue weighted by molar-refractivity contribution is 7.90. The third kappa shape index (κ3) is 3.82. The Morgan fingerprint density at radius 1 is 0.882 bits per heavy atom. The molecule has 1 saturated heterocycles. The molecule has 2 aromatic carbocycles. The highest BCUT2D eigenvalue weighted by Crippen LogP contribution is 2.46. The van der Waals surface area contributed by atoms with Gasteiger partial charge in [0.15, 0.2) is 0 Å². The minimum Gasteiger partial charge on any atom is -0.207 e. The first kappa shape index (κ1) is 23.3. The monoisotopic (exact) mass is 536 g/mol. The third-order valence-corrected chi connectivity index (χ3v) is 10.3. The van der Waals surface area contributed by atoms with E-state index in [2.05, 4.69) is 11.2 Å². The number of hydrogen-bond donors (Lipinski definition) is 0. The summed E-state index contributed by atoms with van der Waals surface area (Å²) in [4.78, 5) is 0.104. The quantitative estimate of drug-likeness (QED) is 0.497. The number of rotatable bonds is 4. The van der Waals surface area contributed by atoms with Crippen LogP contribution in [0.3, 0.4) is 0 Å². The summed E-state index contributed by atoms with van der Waals surface area (Å²) in [6, 6.07) is 12.7. The lowest BCUT2D eigenvalue weighted by Crippen LogP contribution is -2.51. The first-order valence-corrected chi connectivity index (χ1v) is 14.0. The van der Waals surface area contributed by atoms with E-state index in [0.717, 1.165) is 4.09 Å². The minimum absolute atomic E-state index is 0.0141. The standard InChI is InChI=1S/C22H18Cl2N4O4S2/c23-15-1-5-18(6-2-15)33(29,30)27-13-20-21(26-27)11-17-9-14(12-25)10-22(20)28(17)34(31,32)19-7-3-16(24)4-8-19/h1-8,13-14,17,22H,9-11H2. The molecule has 0 spiro atoms. The first-order chi connectivity index (χ1) is 16.1. The van der Waals surface area contributed by atoms with Crippen LogP contribution in [0.1, 0.15) is 30.1 Å². The third-order valence-electron chi connectivity index (χ3n) is 6.25. The van der Waals surface area contributed by atoms with Gasteiger partial charge >= 0.3 is 0 Å². The number of nitriles is 1. The van der Waals surface area contributed by atoms with Gasteiger partial charge in [-0.1, -0.05) is 23.2 Å². The van der Waals surface area contributed by atoms with Gasteiger partial charge in [-0.25, -0.2) is 8.42 Å². The van der Waals surface area contributed by atoms with Gasteiger partial charge < -0.3 is 0 Å². The second-order valence-corrected chi connectivity index (χ2v) is 12.8. The second kappa shape index (κ2) is 8.36. The van der Waals surface area contributed by atoms with Crippen LogP contribution in [0.4, 0.5) is 0 Å². The van der Waals surface area contributed by atoms with Gasteiger partial charge in [-0.05, 0) is 61.4 Å². The molecule has 1 aromatic heterocycles. The molecule has 0 radical (unpaired) electrons. The fourth-order valence-corrected chi connectivity index (χ4v) is 7.91. The fourth-order valence-electron chi connectivity index (χ4n) is 4.69. The van der Waals surface area contributed by atoms with E-state index in [4.69, 9.17) is 23.2 Å². The summed E-state index contributed by atoms with van der Waals surface area (Å²) >= 11 is 11.8. The Morgan fingerprint density at radius 2 is 1.44 bits per heavy atom. The molecule has 0 N–H and O–H groups in total. The van der Waals surface area contributed by atoms with Crippen molar-refractivity contribution in [3.8, 4) is 6.07 Å². The molecule has 3 atom stereocenters. The number of hydrogen-bond acceptors (Lipinski definition) is 6. The minimum atomic E-state index is -4.01. The van der Waals surface area contributed by atoms with Gasteiger partial charge in [-0.2, -0.15) is 27.2 Å². The summed E-state index contributed by atoms with van der Waals surface area (Å²) in [7, 11) is -7.94. The van der Waals surface area contributed by atoms with Crippen molar-refractivity contribution in [2.24, 2.45) is 5.92 Å². The van der Waals surface area contributed by atoms with Crippen LogP contribution in [0.2, 0.25) is 10.0 Å². The van der Waals surface area contributed by atoms with Crippen molar-refractivity contribution in [1.82, 2.24) is 13.5 Å². The van der Waals surface area contributed by atoms with Crippen LogP contribution in [-0.2, 0) is 26.5 Å². The number of piperidine rings is 1. The van der Waals surface area contributed by atoms with E-state index >= 15 is 0 Å². The first-order valence-electron chi connectivity index (χ1n) is 10.4. The molecule has 12 heteroatoms. The van der Waals surface area contributed by atoms with Crippen LogP contribution >= 0.6 is 23.2 Å². The van der Waals surface area contributed by atoms with Crippen molar-refractivity contribution in [1.29, 1.82) is 5.26 Å². The molecule has 2 aliphatic heterocycles. The maximum Gasteiger partial charge on any atom is 0.282 e. The number of nitrogens with zero attached hydrogens (tertiary/aromatic N) is 4. The van der Waals surface area contributed by atoms with E-state index in [1.165, 1.54) is 59.0 Å². The normalized spacial score (nSPS) is 22.7. The smallest absolute Gasteiger partial charge is 0.207 e. The summed E-state index contributed by atoms with van der Waals surface area (Å²) in [6.45, 7) is 0. The molecule has 1 fully saturated rings. The molecular weight excluding hydrogens is 519 g/mol. The lowest BCUT2D eigenvalue weighted by atomic mass is 9.80. The van der Waals surface area contributed by atoms with Gasteiger partial charge in [0.2, 0.25) is 10.0 Å². The number of fused-ring (bicyclic) bond motifs is 4. The van der Waals surface area contributed by atoms with E-state index < -0.39 is 32.1 Å². The van der Waals surface area contributed by atoms with E-state index in [1.54, 1.807) is 0 Å². The van der Waals surface area contributed by atoms with Crippen LogP contribution in [0.5, 0.6) is 0 Å². The van der Waals surface area contributed by atoms with Gasteiger partial charge in [0, 0.05) is 40.2 Å². The topological polar surface area (TPSA) is 113 Å². The van der Waals surface area contributed by atoms with Gasteiger partial charge in [-0.3, -0.25) is 0 Å². The van der Waals surface area contributed by atoms with Gasteiger partial charge in [-0.15, -0.1) is 0 Å². The average molecular weight is 537 g/mol.